The number of anilines is 3. The number of benzene rings is 2. The van der Waals surface area contributed by atoms with Gasteiger partial charge in [0.05, 0.1) is 18.7 Å². The first-order valence-corrected chi connectivity index (χ1v) is 13.8. The molecule has 0 aliphatic carbocycles. The number of aromatic nitrogens is 4. The van der Waals surface area contributed by atoms with E-state index in [2.05, 4.69) is 67.8 Å². The number of allylic oxidation sites excluding steroid dienone is 1. The molecular formula is C31H35N7O2. The quantitative estimate of drug-likeness (QED) is 0.349. The molecule has 1 N–H and O–H groups in total. The van der Waals surface area contributed by atoms with Crippen molar-refractivity contribution >= 4 is 34.3 Å². The van der Waals surface area contributed by atoms with Gasteiger partial charge in [-0.15, -0.1) is 6.58 Å². The van der Waals surface area contributed by atoms with E-state index in [0.717, 1.165) is 42.1 Å². The van der Waals surface area contributed by atoms with Gasteiger partial charge in [-0.3, -0.25) is 9.59 Å². The fraction of sp³-hybridized carbons (Fsp3) is 0.355. The summed E-state index contributed by atoms with van der Waals surface area (Å²) < 4.78 is 3.42. The number of likely N-dealkylation sites (N-methyl/N-ethyl adjacent to an activating group) is 1. The van der Waals surface area contributed by atoms with Crippen molar-refractivity contribution in [3.05, 3.63) is 82.3 Å². The summed E-state index contributed by atoms with van der Waals surface area (Å²) in [6.07, 6.45) is 4.53. The molecule has 40 heavy (non-hydrogen) atoms. The van der Waals surface area contributed by atoms with Gasteiger partial charge in [-0.2, -0.15) is 4.98 Å². The number of fused-ring (bicyclic) bond motifs is 3. The van der Waals surface area contributed by atoms with Crippen LogP contribution in [-0.4, -0.2) is 50.3 Å². The monoisotopic (exact) mass is 537 g/mol. The van der Waals surface area contributed by atoms with Crippen molar-refractivity contribution in [3.8, 4) is 5.69 Å². The summed E-state index contributed by atoms with van der Waals surface area (Å²) in [4.78, 5) is 39.5. The molecular weight excluding hydrogens is 502 g/mol. The third-order valence-corrected chi connectivity index (χ3v) is 7.87. The highest BCUT2D eigenvalue weighted by Crippen LogP contribution is 2.35. The van der Waals surface area contributed by atoms with Crippen LogP contribution in [0.1, 0.15) is 43.9 Å². The fourth-order valence-electron chi connectivity index (χ4n) is 6.28. The molecule has 9 heteroatoms. The van der Waals surface area contributed by atoms with Crippen molar-refractivity contribution < 1.29 is 4.79 Å². The van der Waals surface area contributed by atoms with Crippen molar-refractivity contribution in [2.75, 3.05) is 30.4 Å². The highest BCUT2D eigenvalue weighted by atomic mass is 16.2. The molecule has 4 heterocycles. The number of rotatable bonds is 7. The van der Waals surface area contributed by atoms with Gasteiger partial charge in [-0.05, 0) is 54.4 Å². The maximum atomic E-state index is 13.4. The van der Waals surface area contributed by atoms with E-state index in [9.17, 15) is 9.59 Å². The molecule has 2 aliphatic heterocycles. The second-order valence-electron chi connectivity index (χ2n) is 11.5. The zero-order valence-corrected chi connectivity index (χ0v) is 23.6. The van der Waals surface area contributed by atoms with E-state index in [-0.39, 0.29) is 16.9 Å². The van der Waals surface area contributed by atoms with Crippen LogP contribution < -0.4 is 15.8 Å². The van der Waals surface area contributed by atoms with Gasteiger partial charge >= 0.3 is 0 Å². The van der Waals surface area contributed by atoms with Crippen LogP contribution in [0.5, 0.6) is 0 Å². The van der Waals surface area contributed by atoms with Crippen LogP contribution in [0.15, 0.2) is 60.0 Å². The summed E-state index contributed by atoms with van der Waals surface area (Å²) in [7, 11) is 2.14. The predicted octanol–water partition coefficient (Wildman–Crippen LogP) is 4.53. The molecule has 0 saturated heterocycles. The van der Waals surface area contributed by atoms with Crippen LogP contribution in [0.2, 0.25) is 0 Å². The van der Waals surface area contributed by atoms with E-state index >= 15 is 0 Å². The van der Waals surface area contributed by atoms with E-state index in [1.807, 2.05) is 27.8 Å². The minimum Gasteiger partial charge on any atom is -0.324 e. The number of carbonyl (C=O) groups is 1. The van der Waals surface area contributed by atoms with Crippen molar-refractivity contribution in [2.45, 2.75) is 52.1 Å². The molecule has 4 aromatic rings. The number of hydrogen-bond donors (Lipinski definition) is 1. The van der Waals surface area contributed by atoms with Crippen LogP contribution in [-0.2, 0) is 29.7 Å². The van der Waals surface area contributed by atoms with Crippen molar-refractivity contribution in [1.29, 1.82) is 0 Å². The SMILES string of the molecule is C=CCn1c(=O)c2cnc(Nc3ccc4c(c3)CN(C)CC4(C)C)nc2n1-c1ccc2c(c1)N(CCC)C(=O)C2. The molecule has 9 nitrogen and oxygen atoms in total. The second kappa shape index (κ2) is 9.75. The highest BCUT2D eigenvalue weighted by molar-refractivity contribution is 6.01. The van der Waals surface area contributed by atoms with Crippen molar-refractivity contribution in [1.82, 2.24) is 24.2 Å². The van der Waals surface area contributed by atoms with Crippen molar-refractivity contribution in [2.24, 2.45) is 0 Å². The van der Waals surface area contributed by atoms with Crippen LogP contribution in [0.3, 0.4) is 0 Å². The van der Waals surface area contributed by atoms with Crippen LogP contribution in [0.25, 0.3) is 16.7 Å². The second-order valence-corrected chi connectivity index (χ2v) is 11.5. The Morgan fingerprint density at radius 2 is 1.95 bits per heavy atom. The smallest absolute Gasteiger partial charge is 0.278 e. The summed E-state index contributed by atoms with van der Waals surface area (Å²) in [5, 5.41) is 3.78. The van der Waals surface area contributed by atoms with E-state index < -0.39 is 0 Å². The van der Waals surface area contributed by atoms with Gasteiger partial charge in [0.1, 0.15) is 5.39 Å². The maximum Gasteiger partial charge on any atom is 0.278 e. The van der Waals surface area contributed by atoms with Gasteiger partial charge in [-0.25, -0.2) is 14.3 Å². The first-order chi connectivity index (χ1) is 19.2. The molecule has 0 atom stereocenters. The molecule has 1 amide bonds. The lowest BCUT2D eigenvalue weighted by Crippen LogP contribution is -2.39. The third-order valence-electron chi connectivity index (χ3n) is 7.87. The Morgan fingerprint density at radius 1 is 1.12 bits per heavy atom. The lowest BCUT2D eigenvalue weighted by atomic mass is 9.78. The minimum absolute atomic E-state index is 0.0770. The molecule has 6 rings (SSSR count). The summed E-state index contributed by atoms with van der Waals surface area (Å²) in [5.74, 6) is 0.507. The molecule has 2 aromatic heterocycles. The first kappa shape index (κ1) is 26.0. The molecule has 0 spiro atoms. The standard InChI is InChI=1S/C31H35N7O2/c1-6-12-36-26-16-23(10-8-20(26)15-27(36)39)38-28-24(29(40)37(38)13-7-2)17-32-30(34-28)33-22-9-11-25-21(14-22)18-35(5)19-31(25,3)4/h7-11,14,16-17H,2,6,12-13,15,18-19H2,1,3-5H3,(H,32,33,34). The Morgan fingerprint density at radius 3 is 2.73 bits per heavy atom. The average molecular weight is 538 g/mol. The number of nitrogens with zero attached hydrogens (tertiary/aromatic N) is 6. The number of nitrogens with one attached hydrogen (secondary N) is 1. The summed E-state index contributed by atoms with van der Waals surface area (Å²) in [6, 6.07) is 12.3. The van der Waals surface area contributed by atoms with E-state index in [1.54, 1.807) is 17.0 Å². The van der Waals surface area contributed by atoms with Gasteiger partial charge < -0.3 is 15.1 Å². The number of hydrogen-bond acceptors (Lipinski definition) is 6. The highest BCUT2D eigenvalue weighted by Gasteiger charge is 2.30. The van der Waals surface area contributed by atoms with E-state index in [1.165, 1.54) is 11.1 Å². The number of amides is 1. The van der Waals surface area contributed by atoms with Gasteiger partial charge in [0.15, 0.2) is 5.65 Å². The zero-order chi connectivity index (χ0) is 28.2. The summed E-state index contributed by atoms with van der Waals surface area (Å²) in [6.45, 7) is 13.3. The number of carbonyl (C=O) groups excluding carboxylic acids is 1. The van der Waals surface area contributed by atoms with Gasteiger partial charge in [0.2, 0.25) is 11.9 Å². The molecule has 0 fully saturated rings. The first-order valence-electron chi connectivity index (χ1n) is 13.8. The maximum absolute atomic E-state index is 13.4. The van der Waals surface area contributed by atoms with Crippen LogP contribution in [0, 0.1) is 0 Å². The Kier molecular flexibility index (Phi) is 6.34. The Labute approximate surface area is 233 Å². The zero-order valence-electron chi connectivity index (χ0n) is 23.6. The van der Waals surface area contributed by atoms with Gasteiger partial charge in [0, 0.05) is 42.6 Å². The normalized spacial score (nSPS) is 16.3. The van der Waals surface area contributed by atoms with Crippen LogP contribution in [0.4, 0.5) is 17.3 Å². The summed E-state index contributed by atoms with van der Waals surface area (Å²) >= 11 is 0. The molecule has 0 bridgehead atoms. The minimum atomic E-state index is -0.192. The molecule has 2 aromatic carbocycles. The predicted molar refractivity (Wildman–Crippen MR) is 159 cm³/mol. The Balaban J connectivity index is 1.43. The largest absolute Gasteiger partial charge is 0.324 e. The third kappa shape index (κ3) is 4.30. The van der Waals surface area contributed by atoms with E-state index in [4.69, 9.17) is 4.98 Å². The van der Waals surface area contributed by atoms with E-state index in [0.29, 0.717) is 36.5 Å². The van der Waals surface area contributed by atoms with Gasteiger partial charge in [0.25, 0.3) is 5.56 Å². The molecule has 0 radical (unpaired) electrons. The molecule has 0 saturated carbocycles. The fourth-order valence-corrected chi connectivity index (χ4v) is 6.28. The van der Waals surface area contributed by atoms with Crippen molar-refractivity contribution in [3.63, 3.8) is 0 Å². The molecule has 2 aliphatic rings. The van der Waals surface area contributed by atoms with Crippen LogP contribution >= 0.6 is 0 Å². The topological polar surface area (TPSA) is 88.3 Å². The summed E-state index contributed by atoms with van der Waals surface area (Å²) in [5.41, 5.74) is 6.55. The lowest BCUT2D eigenvalue weighted by molar-refractivity contribution is -0.117. The van der Waals surface area contributed by atoms with Gasteiger partial charge in [-0.1, -0.05) is 39.0 Å². The average Bonchev–Trinajstić information content (AvgIpc) is 3.36. The lowest BCUT2D eigenvalue weighted by Gasteiger charge is -2.38. The Hall–Kier alpha value is -4.24. The Bertz CT molecular complexity index is 1710. The molecule has 206 valence electrons. The molecule has 0 unspecified atom stereocenters.